The van der Waals surface area contributed by atoms with Crippen LogP contribution in [-0.2, 0) is 4.79 Å². The first-order chi connectivity index (χ1) is 5.31. The zero-order chi connectivity index (χ0) is 7.84. The fourth-order valence-electron chi connectivity index (χ4n) is 2.05. The van der Waals surface area contributed by atoms with Crippen molar-refractivity contribution in [3.05, 3.63) is 24.3 Å². The van der Waals surface area contributed by atoms with E-state index < -0.39 is 0 Å². The van der Waals surface area contributed by atoms with Crippen LogP contribution in [-0.4, -0.2) is 5.78 Å². The lowest BCUT2D eigenvalue weighted by molar-refractivity contribution is -0.130. The lowest BCUT2D eigenvalue weighted by Gasteiger charge is -2.27. The Morgan fingerprint density at radius 3 is 3.00 bits per heavy atom. The molecule has 0 aromatic heterocycles. The van der Waals surface area contributed by atoms with Gasteiger partial charge in [-0.05, 0) is 18.8 Å². The van der Waals surface area contributed by atoms with Crippen molar-refractivity contribution < 1.29 is 4.79 Å². The minimum absolute atomic E-state index is 0.296. The Hall–Kier alpha value is -0.850. The van der Waals surface area contributed by atoms with Crippen molar-refractivity contribution in [2.75, 3.05) is 0 Å². The maximum Gasteiger partial charge on any atom is 0.140 e. The summed E-state index contributed by atoms with van der Waals surface area (Å²) in [5, 5.41) is 0. The van der Waals surface area contributed by atoms with Gasteiger partial charge in [-0.25, -0.2) is 0 Å². The minimum Gasteiger partial charge on any atom is -0.299 e. The average molecular weight is 148 g/mol. The van der Waals surface area contributed by atoms with Crippen LogP contribution in [0.25, 0.3) is 0 Å². The maximum absolute atomic E-state index is 11.0. The molecule has 0 N–H and O–H groups in total. The van der Waals surface area contributed by atoms with Crippen LogP contribution in [0.3, 0.4) is 0 Å². The lowest BCUT2D eigenvalue weighted by Crippen LogP contribution is -2.32. The fourth-order valence-corrected chi connectivity index (χ4v) is 2.05. The summed E-state index contributed by atoms with van der Waals surface area (Å²) in [5.74, 6) is 1.40. The number of hydrogen-bond donors (Lipinski definition) is 0. The molecular formula is C10H12O. The van der Waals surface area contributed by atoms with Gasteiger partial charge in [0.1, 0.15) is 5.78 Å². The topological polar surface area (TPSA) is 17.1 Å². The molecule has 0 saturated heterocycles. The minimum atomic E-state index is 0.296. The molecule has 0 aromatic rings. The highest BCUT2D eigenvalue weighted by atomic mass is 16.1. The highest BCUT2D eigenvalue weighted by molar-refractivity contribution is 5.90. The zero-order valence-corrected chi connectivity index (χ0v) is 6.55. The number of rotatable bonds is 2. The van der Waals surface area contributed by atoms with E-state index in [-0.39, 0.29) is 0 Å². The van der Waals surface area contributed by atoms with Crippen molar-refractivity contribution in [3.8, 4) is 0 Å². The van der Waals surface area contributed by atoms with E-state index in [1.54, 1.807) is 0 Å². The first kappa shape index (κ1) is 6.84. The molecule has 1 nitrogen and oxygen atoms in total. The van der Waals surface area contributed by atoms with Gasteiger partial charge in [-0.3, -0.25) is 4.79 Å². The molecule has 0 aliphatic heterocycles. The van der Waals surface area contributed by atoms with Gasteiger partial charge in [-0.1, -0.05) is 17.7 Å². The van der Waals surface area contributed by atoms with Crippen molar-refractivity contribution in [2.45, 2.75) is 19.3 Å². The molecule has 0 heterocycles. The smallest absolute Gasteiger partial charge is 0.140 e. The van der Waals surface area contributed by atoms with Crippen molar-refractivity contribution in [1.82, 2.24) is 0 Å². The molecule has 0 bridgehead atoms. The Morgan fingerprint density at radius 2 is 2.45 bits per heavy atom. The summed E-state index contributed by atoms with van der Waals surface area (Å²) in [7, 11) is 0. The molecule has 2 aliphatic rings. The predicted octanol–water partition coefficient (Wildman–Crippen LogP) is 2.10. The van der Waals surface area contributed by atoms with Gasteiger partial charge >= 0.3 is 0 Å². The summed E-state index contributed by atoms with van der Waals surface area (Å²) in [6, 6.07) is 0. The molecule has 0 amide bonds. The van der Waals surface area contributed by atoms with Crippen molar-refractivity contribution in [2.24, 2.45) is 11.8 Å². The van der Waals surface area contributed by atoms with E-state index in [2.05, 4.69) is 12.7 Å². The molecule has 2 aliphatic carbocycles. The van der Waals surface area contributed by atoms with Crippen molar-refractivity contribution >= 4 is 5.78 Å². The summed E-state index contributed by atoms with van der Waals surface area (Å²) >= 11 is 0. The Labute approximate surface area is 66.8 Å². The highest BCUT2D eigenvalue weighted by Gasteiger charge is 2.41. The molecular weight excluding hydrogens is 136 g/mol. The summed E-state index contributed by atoms with van der Waals surface area (Å²) < 4.78 is 0. The van der Waals surface area contributed by atoms with E-state index in [1.807, 2.05) is 6.08 Å². The van der Waals surface area contributed by atoms with E-state index in [9.17, 15) is 4.79 Å². The van der Waals surface area contributed by atoms with Crippen molar-refractivity contribution in [1.29, 1.82) is 0 Å². The normalized spacial score (nSPS) is 34.2. The molecule has 1 saturated carbocycles. The second-order valence-electron chi connectivity index (χ2n) is 3.48. The second-order valence-corrected chi connectivity index (χ2v) is 3.48. The molecule has 2 atom stereocenters. The van der Waals surface area contributed by atoms with E-state index in [1.165, 1.54) is 5.57 Å². The van der Waals surface area contributed by atoms with Crippen LogP contribution >= 0.6 is 0 Å². The summed E-state index contributed by atoms with van der Waals surface area (Å²) in [6.45, 7) is 3.69. The van der Waals surface area contributed by atoms with Gasteiger partial charge in [0, 0.05) is 12.3 Å². The summed E-state index contributed by atoms with van der Waals surface area (Å²) in [5.41, 5.74) is 1.42. The number of fused-ring (bicyclic) bond motifs is 1. The Bertz CT molecular complexity index is 237. The molecule has 1 fully saturated rings. The van der Waals surface area contributed by atoms with E-state index in [4.69, 9.17) is 0 Å². The zero-order valence-electron chi connectivity index (χ0n) is 6.55. The van der Waals surface area contributed by atoms with Crippen LogP contribution in [0.15, 0.2) is 24.3 Å². The van der Waals surface area contributed by atoms with Crippen LogP contribution in [0.1, 0.15) is 19.3 Å². The Morgan fingerprint density at radius 1 is 1.64 bits per heavy atom. The molecule has 1 heteroatoms. The van der Waals surface area contributed by atoms with Crippen molar-refractivity contribution in [3.63, 3.8) is 0 Å². The average Bonchev–Trinajstić information content (AvgIpc) is 2.29. The van der Waals surface area contributed by atoms with E-state index >= 15 is 0 Å². The third-order valence-corrected chi connectivity index (χ3v) is 2.69. The third-order valence-electron chi connectivity index (χ3n) is 2.69. The van der Waals surface area contributed by atoms with Crippen LogP contribution in [0, 0.1) is 11.8 Å². The van der Waals surface area contributed by atoms with Gasteiger partial charge in [-0.2, -0.15) is 0 Å². The Kier molecular flexibility index (Phi) is 1.45. The Balaban J connectivity index is 2.06. The number of Topliss-reactive ketones (excluding diaryl/α,β-unsaturated/α-hetero) is 1. The molecule has 0 radical (unpaired) electrons. The first-order valence-corrected chi connectivity index (χ1v) is 4.14. The number of hydrogen-bond acceptors (Lipinski definition) is 1. The predicted molar refractivity (Wildman–Crippen MR) is 44.1 cm³/mol. The fraction of sp³-hybridized carbons (Fsp3) is 0.500. The molecule has 2 rings (SSSR count). The van der Waals surface area contributed by atoms with Gasteiger partial charge in [0.25, 0.3) is 0 Å². The highest BCUT2D eigenvalue weighted by Crippen LogP contribution is 2.43. The number of carbonyl (C=O) groups excluding carboxylic acids is 1. The maximum atomic E-state index is 11.0. The van der Waals surface area contributed by atoms with Crippen LogP contribution in [0.2, 0.25) is 0 Å². The third kappa shape index (κ3) is 0.953. The largest absolute Gasteiger partial charge is 0.299 e. The van der Waals surface area contributed by atoms with Gasteiger partial charge in [0.15, 0.2) is 0 Å². The van der Waals surface area contributed by atoms with Crippen LogP contribution < -0.4 is 0 Å². The van der Waals surface area contributed by atoms with Gasteiger partial charge in [-0.15, -0.1) is 6.58 Å². The van der Waals surface area contributed by atoms with E-state index in [0.29, 0.717) is 17.6 Å². The van der Waals surface area contributed by atoms with Gasteiger partial charge in [0.05, 0.1) is 0 Å². The molecule has 0 spiro atoms. The van der Waals surface area contributed by atoms with Gasteiger partial charge < -0.3 is 0 Å². The lowest BCUT2D eigenvalue weighted by atomic mass is 9.75. The standard InChI is InChI=1S/C10H12O/c1-2-3-7-4-8-6-10(11)9(8)5-7/h2,5,8-9H,1,3-4,6H2. The molecule has 0 aromatic carbocycles. The number of allylic oxidation sites excluding steroid dienone is 3. The SMILES string of the molecule is C=CCC1=CC2C(=O)CC2C1. The molecule has 2 unspecified atom stereocenters. The van der Waals surface area contributed by atoms with Gasteiger partial charge in [0.2, 0.25) is 0 Å². The van der Waals surface area contributed by atoms with E-state index in [0.717, 1.165) is 19.3 Å². The quantitative estimate of drug-likeness (QED) is 0.548. The first-order valence-electron chi connectivity index (χ1n) is 4.14. The number of ketones is 1. The molecule has 11 heavy (non-hydrogen) atoms. The summed E-state index contributed by atoms with van der Waals surface area (Å²) in [6.07, 6.45) is 7.00. The molecule has 58 valence electrons. The monoisotopic (exact) mass is 148 g/mol. The number of carbonyl (C=O) groups is 1. The second kappa shape index (κ2) is 2.33. The van der Waals surface area contributed by atoms with Crippen LogP contribution in [0.5, 0.6) is 0 Å². The summed E-state index contributed by atoms with van der Waals surface area (Å²) in [4.78, 5) is 11.0. The van der Waals surface area contributed by atoms with Crippen LogP contribution in [0.4, 0.5) is 0 Å².